The number of carbonyl (C=O) groups excluding carboxylic acids is 2. The van der Waals surface area contributed by atoms with Gasteiger partial charge < -0.3 is 33.5 Å². The molecule has 4 atom stereocenters. The van der Waals surface area contributed by atoms with Gasteiger partial charge in [0.1, 0.15) is 6.61 Å². The van der Waals surface area contributed by atoms with Crippen LogP contribution in [-0.2, 0) is 20.9 Å². The Bertz CT molecular complexity index is 1700. The van der Waals surface area contributed by atoms with Gasteiger partial charge in [0.05, 0.1) is 32.8 Å². The van der Waals surface area contributed by atoms with Gasteiger partial charge in [0, 0.05) is 11.8 Å². The number of nitrogens with zero attached hydrogens (tertiary/aromatic N) is 4. The molecular weight excluding hydrogens is 560 g/mol. The second-order valence-electron chi connectivity index (χ2n) is 10.4. The number of carbonyl (C=O) groups is 2. The number of methoxy groups -OCH3 is 2. The number of fused-ring (bicyclic) bond motifs is 3. The van der Waals surface area contributed by atoms with E-state index in [2.05, 4.69) is 15.5 Å². The van der Waals surface area contributed by atoms with Gasteiger partial charge in [-0.05, 0) is 56.9 Å². The van der Waals surface area contributed by atoms with E-state index in [1.54, 1.807) is 12.1 Å². The van der Waals surface area contributed by atoms with Gasteiger partial charge >= 0.3 is 11.9 Å². The van der Waals surface area contributed by atoms with Crippen molar-refractivity contribution in [2.24, 2.45) is 11.8 Å². The number of aromatic hydroxyl groups is 1. The van der Waals surface area contributed by atoms with Crippen LogP contribution in [0, 0.1) is 11.8 Å². The molecule has 1 fully saturated rings. The van der Waals surface area contributed by atoms with Crippen LogP contribution in [0.25, 0.3) is 0 Å². The number of phenolic OH excluding ortho intramolecular Hbond substituents is 1. The van der Waals surface area contributed by atoms with E-state index >= 15 is 0 Å². The summed E-state index contributed by atoms with van der Waals surface area (Å²) in [5.41, 5.74) is 2.88. The van der Waals surface area contributed by atoms with Gasteiger partial charge in [-0.1, -0.05) is 30.3 Å². The molecule has 3 aromatic carbocycles. The van der Waals surface area contributed by atoms with Crippen molar-refractivity contribution in [2.75, 3.05) is 27.6 Å². The Morgan fingerprint density at radius 1 is 1.00 bits per heavy atom. The Morgan fingerprint density at radius 3 is 2.40 bits per heavy atom. The normalized spacial score (nSPS) is 21.5. The lowest BCUT2D eigenvalue weighted by atomic mass is 9.65. The first-order valence-electron chi connectivity index (χ1n) is 13.5. The van der Waals surface area contributed by atoms with Crippen molar-refractivity contribution < 1.29 is 43.1 Å². The molecule has 1 saturated heterocycles. The summed E-state index contributed by atoms with van der Waals surface area (Å²) in [6.07, 6.45) is 0. The summed E-state index contributed by atoms with van der Waals surface area (Å²) >= 11 is 0. The third kappa shape index (κ3) is 4.35. The molecular formula is C30H26N4O9. The summed E-state index contributed by atoms with van der Waals surface area (Å²) in [7, 11) is 2.87. The summed E-state index contributed by atoms with van der Waals surface area (Å²) in [6.45, 7) is 0.126. The third-order valence-electron chi connectivity index (χ3n) is 8.16. The number of ether oxygens (including phenoxy) is 6. The molecule has 4 aromatic rings. The summed E-state index contributed by atoms with van der Waals surface area (Å²) in [5.74, 6) is -1.79. The summed E-state index contributed by atoms with van der Waals surface area (Å²) in [4.78, 5) is 26.7. The predicted molar refractivity (Wildman–Crippen MR) is 145 cm³/mol. The zero-order valence-electron chi connectivity index (χ0n) is 23.1. The van der Waals surface area contributed by atoms with Crippen molar-refractivity contribution in [3.05, 3.63) is 82.7 Å². The van der Waals surface area contributed by atoms with Crippen LogP contribution in [0.15, 0.2) is 54.6 Å². The minimum absolute atomic E-state index is 0.0330. The van der Waals surface area contributed by atoms with Crippen LogP contribution in [0.4, 0.5) is 0 Å². The Balaban J connectivity index is 1.36. The number of rotatable bonds is 7. The van der Waals surface area contributed by atoms with Gasteiger partial charge in [-0.25, -0.2) is 9.48 Å². The molecule has 3 aliphatic rings. The molecule has 0 amide bonds. The highest BCUT2D eigenvalue weighted by Gasteiger charge is 2.54. The van der Waals surface area contributed by atoms with E-state index in [4.69, 9.17) is 28.4 Å². The average Bonchev–Trinajstić information content (AvgIpc) is 3.79. The molecule has 3 heterocycles. The number of hydrogen-bond acceptors (Lipinski definition) is 12. The van der Waals surface area contributed by atoms with Crippen LogP contribution < -0.4 is 18.9 Å². The maximum Gasteiger partial charge on any atom is 0.378 e. The van der Waals surface area contributed by atoms with Crippen LogP contribution in [0.2, 0.25) is 0 Å². The van der Waals surface area contributed by atoms with Gasteiger partial charge in [0.25, 0.3) is 5.82 Å². The smallest absolute Gasteiger partial charge is 0.378 e. The number of phenols is 1. The van der Waals surface area contributed by atoms with E-state index in [1.165, 1.54) is 18.9 Å². The van der Waals surface area contributed by atoms with Gasteiger partial charge in [0.2, 0.25) is 12.5 Å². The number of aromatic nitrogens is 4. The highest BCUT2D eigenvalue weighted by Crippen LogP contribution is 2.56. The van der Waals surface area contributed by atoms with Crippen molar-refractivity contribution in [1.29, 1.82) is 0 Å². The molecule has 220 valence electrons. The standard InChI is InChI=1S/C30H26N4O9/c1-38-22-8-16(9-23(39-2)27(22)35)24-17-10-20-21(43-14-42-20)11-18(17)26(19-13-41-29(36)25(19)24)34-28(31-32-33-34)30(37)40-12-15-6-4-3-5-7-15/h3-11,19,24-26,35H,12-14H2,1-2H3/t19-,24+,25-,26+/m0/s1. The molecule has 0 radical (unpaired) electrons. The molecule has 1 aromatic heterocycles. The Labute approximate surface area is 244 Å². The lowest BCUT2D eigenvalue weighted by Gasteiger charge is -2.39. The molecule has 0 bridgehead atoms. The van der Waals surface area contributed by atoms with Crippen molar-refractivity contribution in [3.8, 4) is 28.7 Å². The average molecular weight is 587 g/mol. The Morgan fingerprint density at radius 2 is 1.70 bits per heavy atom. The largest absolute Gasteiger partial charge is 0.502 e. The zero-order chi connectivity index (χ0) is 29.7. The Kier molecular flexibility index (Phi) is 6.48. The van der Waals surface area contributed by atoms with E-state index in [9.17, 15) is 14.7 Å². The molecule has 0 unspecified atom stereocenters. The van der Waals surface area contributed by atoms with Crippen LogP contribution >= 0.6 is 0 Å². The van der Waals surface area contributed by atoms with Gasteiger partial charge in [0.15, 0.2) is 23.0 Å². The van der Waals surface area contributed by atoms with Gasteiger partial charge in [-0.15, -0.1) is 5.10 Å². The SMILES string of the molecule is COc1cc([C@@H]2c3cc4c(cc3[C@@H](n3nnnc3C(=O)OCc3ccccc3)[C@H]3COC(=O)[C@H]23)OCO4)cc(OC)c1O. The van der Waals surface area contributed by atoms with Crippen molar-refractivity contribution in [1.82, 2.24) is 20.2 Å². The molecule has 0 spiro atoms. The molecule has 43 heavy (non-hydrogen) atoms. The first kappa shape index (κ1) is 26.6. The number of benzene rings is 3. The first-order valence-corrected chi connectivity index (χ1v) is 13.5. The Hall–Kier alpha value is -5.33. The topological polar surface area (TPSA) is 153 Å². The number of esters is 2. The number of hydrogen-bond donors (Lipinski definition) is 1. The van der Waals surface area contributed by atoms with E-state index in [0.29, 0.717) is 28.2 Å². The maximum atomic E-state index is 13.5. The third-order valence-corrected chi connectivity index (χ3v) is 8.16. The zero-order valence-corrected chi connectivity index (χ0v) is 23.1. The van der Waals surface area contributed by atoms with Crippen LogP contribution in [-0.4, -0.2) is 64.9 Å². The van der Waals surface area contributed by atoms with Gasteiger partial charge in [-0.2, -0.15) is 0 Å². The lowest BCUT2D eigenvalue weighted by molar-refractivity contribution is -0.141. The number of cyclic esters (lactones) is 1. The van der Waals surface area contributed by atoms with Crippen molar-refractivity contribution in [3.63, 3.8) is 0 Å². The fourth-order valence-electron chi connectivity index (χ4n) is 6.24. The molecule has 0 saturated carbocycles. The van der Waals surface area contributed by atoms with Crippen molar-refractivity contribution in [2.45, 2.75) is 18.6 Å². The maximum absolute atomic E-state index is 13.5. The van der Waals surface area contributed by atoms with Crippen LogP contribution in [0.1, 0.15) is 44.8 Å². The second-order valence-corrected chi connectivity index (χ2v) is 10.4. The summed E-state index contributed by atoms with van der Waals surface area (Å²) in [6, 6.07) is 15.6. The highest BCUT2D eigenvalue weighted by atomic mass is 16.7. The van der Waals surface area contributed by atoms with Crippen LogP contribution in [0.5, 0.6) is 28.7 Å². The predicted octanol–water partition coefficient (Wildman–Crippen LogP) is 3.01. The second kappa shape index (κ2) is 10.5. The lowest BCUT2D eigenvalue weighted by Crippen LogP contribution is -2.39. The molecule has 13 nitrogen and oxygen atoms in total. The van der Waals surface area contributed by atoms with E-state index in [1.807, 2.05) is 42.5 Å². The molecule has 1 N–H and O–H groups in total. The highest BCUT2D eigenvalue weighted by molar-refractivity contribution is 5.85. The summed E-state index contributed by atoms with van der Waals surface area (Å²) < 4.78 is 34.9. The van der Waals surface area contributed by atoms with Gasteiger partial charge in [-0.3, -0.25) is 4.79 Å². The fourth-order valence-corrected chi connectivity index (χ4v) is 6.24. The first-order chi connectivity index (χ1) is 21.0. The fraction of sp³-hybridized carbons (Fsp3) is 0.300. The molecule has 1 aliphatic carbocycles. The summed E-state index contributed by atoms with van der Waals surface area (Å²) in [5, 5.41) is 22.6. The minimum Gasteiger partial charge on any atom is -0.502 e. The minimum atomic E-state index is -0.715. The van der Waals surface area contributed by atoms with E-state index < -0.39 is 35.7 Å². The molecule has 7 rings (SSSR count). The quantitative estimate of drug-likeness (QED) is 0.317. The monoisotopic (exact) mass is 586 g/mol. The molecule has 2 aliphatic heterocycles. The van der Waals surface area contributed by atoms with E-state index in [0.717, 1.165) is 5.56 Å². The number of tetrazole rings is 1. The van der Waals surface area contributed by atoms with Crippen molar-refractivity contribution >= 4 is 11.9 Å². The van der Waals surface area contributed by atoms with Crippen LogP contribution in [0.3, 0.4) is 0 Å². The molecule has 13 heteroatoms. The van der Waals surface area contributed by atoms with E-state index in [-0.39, 0.29) is 43.1 Å².